The number of carbonyl (C=O) groups excluding carboxylic acids is 1. The summed E-state index contributed by atoms with van der Waals surface area (Å²) in [6.07, 6.45) is 2.58. The molecule has 20 heavy (non-hydrogen) atoms. The molecule has 3 N–H and O–H groups in total. The first-order valence-corrected chi connectivity index (χ1v) is 7.44. The van der Waals surface area contributed by atoms with E-state index in [1.165, 1.54) is 31.5 Å². The lowest BCUT2D eigenvalue weighted by atomic mass is 10.0. The Morgan fingerprint density at radius 1 is 1.35 bits per heavy atom. The Hall–Kier alpha value is -1.39. The maximum absolute atomic E-state index is 12.0. The second-order valence-electron chi connectivity index (χ2n) is 5.94. The van der Waals surface area contributed by atoms with Gasteiger partial charge in [-0.05, 0) is 49.5 Å². The van der Waals surface area contributed by atoms with Crippen LogP contribution in [0.25, 0.3) is 0 Å². The van der Waals surface area contributed by atoms with Crippen molar-refractivity contribution in [3.63, 3.8) is 0 Å². The van der Waals surface area contributed by atoms with E-state index < -0.39 is 6.04 Å². The van der Waals surface area contributed by atoms with Crippen LogP contribution in [0.3, 0.4) is 0 Å². The van der Waals surface area contributed by atoms with Gasteiger partial charge in [0.1, 0.15) is 0 Å². The molecule has 0 radical (unpaired) electrons. The number of nitrogens with zero attached hydrogens (tertiary/aromatic N) is 1. The fourth-order valence-electron chi connectivity index (χ4n) is 2.47. The van der Waals surface area contributed by atoms with E-state index in [1.807, 2.05) is 32.0 Å². The predicted octanol–water partition coefficient (Wildman–Crippen LogP) is 2.20. The normalized spacial score (nSPS) is 17.4. The molecule has 0 aromatic heterocycles. The van der Waals surface area contributed by atoms with Crippen molar-refractivity contribution in [1.82, 2.24) is 4.90 Å². The molecule has 0 aliphatic carbocycles. The molecule has 0 bridgehead atoms. The van der Waals surface area contributed by atoms with Gasteiger partial charge in [0.25, 0.3) is 0 Å². The third-order valence-corrected chi connectivity index (χ3v) is 3.82. The van der Waals surface area contributed by atoms with Crippen molar-refractivity contribution in [2.24, 2.45) is 11.7 Å². The minimum Gasteiger partial charge on any atom is -0.325 e. The summed E-state index contributed by atoms with van der Waals surface area (Å²) >= 11 is 0. The highest BCUT2D eigenvalue weighted by Gasteiger charge is 2.17. The van der Waals surface area contributed by atoms with Crippen molar-refractivity contribution >= 4 is 11.6 Å². The number of benzene rings is 1. The highest BCUT2D eigenvalue weighted by atomic mass is 16.2. The third kappa shape index (κ3) is 4.05. The minimum absolute atomic E-state index is 0.113. The minimum atomic E-state index is -0.461. The van der Waals surface area contributed by atoms with Gasteiger partial charge in [0.15, 0.2) is 0 Å². The summed E-state index contributed by atoms with van der Waals surface area (Å²) in [7, 11) is 0. The number of likely N-dealkylation sites (tertiary alicyclic amines) is 1. The number of carbonyl (C=O) groups is 1. The van der Waals surface area contributed by atoms with Gasteiger partial charge in [-0.1, -0.05) is 26.0 Å². The average molecular weight is 275 g/mol. The van der Waals surface area contributed by atoms with Crippen LogP contribution < -0.4 is 11.1 Å². The fourth-order valence-corrected chi connectivity index (χ4v) is 2.47. The van der Waals surface area contributed by atoms with E-state index in [0.717, 1.165) is 12.2 Å². The quantitative estimate of drug-likeness (QED) is 0.866. The number of hydrogen-bond donors (Lipinski definition) is 2. The molecule has 0 spiro atoms. The molecule has 1 amide bonds. The summed E-state index contributed by atoms with van der Waals surface area (Å²) in [4.78, 5) is 14.4. The Balaban J connectivity index is 1.96. The molecule has 1 fully saturated rings. The molecule has 1 aliphatic heterocycles. The zero-order chi connectivity index (χ0) is 14.5. The maximum atomic E-state index is 12.0. The van der Waals surface area contributed by atoms with Gasteiger partial charge >= 0.3 is 0 Å². The predicted molar refractivity (Wildman–Crippen MR) is 82.4 cm³/mol. The second-order valence-corrected chi connectivity index (χ2v) is 5.94. The SMILES string of the molecule is CC(C)C(N)C(=O)Nc1cccc(CN2CCCC2)c1. The number of hydrogen-bond acceptors (Lipinski definition) is 3. The third-order valence-electron chi connectivity index (χ3n) is 3.82. The smallest absolute Gasteiger partial charge is 0.241 e. The van der Waals surface area contributed by atoms with Crippen molar-refractivity contribution in [2.75, 3.05) is 18.4 Å². The fraction of sp³-hybridized carbons (Fsp3) is 0.562. The van der Waals surface area contributed by atoms with Crippen LogP contribution in [0.4, 0.5) is 5.69 Å². The topological polar surface area (TPSA) is 58.4 Å². The largest absolute Gasteiger partial charge is 0.325 e. The van der Waals surface area contributed by atoms with Gasteiger partial charge in [0.2, 0.25) is 5.91 Å². The van der Waals surface area contributed by atoms with Crippen LogP contribution in [-0.2, 0) is 11.3 Å². The Kier molecular flexibility index (Phi) is 5.15. The van der Waals surface area contributed by atoms with Gasteiger partial charge in [-0.15, -0.1) is 0 Å². The van der Waals surface area contributed by atoms with Gasteiger partial charge in [0, 0.05) is 12.2 Å². The molecule has 1 saturated heterocycles. The molecule has 1 aromatic carbocycles. The van der Waals surface area contributed by atoms with E-state index in [9.17, 15) is 4.79 Å². The number of rotatable bonds is 5. The van der Waals surface area contributed by atoms with Gasteiger partial charge in [-0.3, -0.25) is 9.69 Å². The lowest BCUT2D eigenvalue weighted by molar-refractivity contribution is -0.118. The van der Waals surface area contributed by atoms with Gasteiger partial charge in [-0.2, -0.15) is 0 Å². The zero-order valence-electron chi connectivity index (χ0n) is 12.4. The highest BCUT2D eigenvalue weighted by molar-refractivity contribution is 5.94. The molecule has 0 saturated carbocycles. The summed E-state index contributed by atoms with van der Waals surface area (Å²) in [5.41, 5.74) is 7.93. The zero-order valence-corrected chi connectivity index (χ0v) is 12.4. The van der Waals surface area contributed by atoms with Crippen LogP contribution in [-0.4, -0.2) is 29.9 Å². The molecule has 1 unspecified atom stereocenters. The Morgan fingerprint density at radius 3 is 2.70 bits per heavy atom. The van der Waals surface area contributed by atoms with Crippen LogP contribution in [0, 0.1) is 5.92 Å². The standard InChI is InChI=1S/C16H25N3O/c1-12(2)15(17)16(20)18-14-7-5-6-13(10-14)11-19-8-3-4-9-19/h5-7,10,12,15H,3-4,8-9,11,17H2,1-2H3,(H,18,20). The van der Waals surface area contributed by atoms with E-state index in [0.29, 0.717) is 0 Å². The first-order valence-electron chi connectivity index (χ1n) is 7.44. The van der Waals surface area contributed by atoms with Crippen LogP contribution in [0.15, 0.2) is 24.3 Å². The molecule has 1 atom stereocenters. The van der Waals surface area contributed by atoms with E-state index in [4.69, 9.17) is 5.73 Å². The molecule has 1 aliphatic rings. The lowest BCUT2D eigenvalue weighted by Crippen LogP contribution is -2.39. The molecule has 110 valence electrons. The first-order chi connectivity index (χ1) is 9.56. The molecule has 1 heterocycles. The number of nitrogens with two attached hydrogens (primary N) is 1. The summed E-state index contributed by atoms with van der Waals surface area (Å²) in [5, 5.41) is 2.91. The van der Waals surface area contributed by atoms with Crippen molar-refractivity contribution in [1.29, 1.82) is 0 Å². The summed E-state index contributed by atoms with van der Waals surface area (Å²) in [6.45, 7) is 7.21. The van der Waals surface area contributed by atoms with E-state index in [2.05, 4.69) is 16.3 Å². The summed E-state index contributed by atoms with van der Waals surface area (Å²) in [6, 6.07) is 7.59. The lowest BCUT2D eigenvalue weighted by Gasteiger charge is -2.17. The number of nitrogens with one attached hydrogen (secondary N) is 1. The van der Waals surface area contributed by atoms with Crippen LogP contribution in [0.1, 0.15) is 32.3 Å². The first kappa shape index (κ1) is 15.0. The molecular formula is C16H25N3O. The second kappa shape index (κ2) is 6.86. The van der Waals surface area contributed by atoms with Gasteiger partial charge in [0.05, 0.1) is 6.04 Å². The van der Waals surface area contributed by atoms with Crippen molar-refractivity contribution in [2.45, 2.75) is 39.3 Å². The van der Waals surface area contributed by atoms with Crippen molar-refractivity contribution in [3.05, 3.63) is 29.8 Å². The Labute approximate surface area is 121 Å². The molecular weight excluding hydrogens is 250 g/mol. The molecule has 2 rings (SSSR count). The summed E-state index contributed by atoms with van der Waals surface area (Å²) in [5.74, 6) is 0.0288. The summed E-state index contributed by atoms with van der Waals surface area (Å²) < 4.78 is 0. The van der Waals surface area contributed by atoms with Crippen molar-refractivity contribution in [3.8, 4) is 0 Å². The Morgan fingerprint density at radius 2 is 2.05 bits per heavy atom. The van der Waals surface area contributed by atoms with Crippen LogP contribution >= 0.6 is 0 Å². The Bertz CT molecular complexity index is 453. The monoisotopic (exact) mass is 275 g/mol. The van der Waals surface area contributed by atoms with Gasteiger partial charge < -0.3 is 11.1 Å². The number of anilines is 1. The average Bonchev–Trinajstić information content (AvgIpc) is 2.91. The molecule has 4 heteroatoms. The van der Waals surface area contributed by atoms with Crippen LogP contribution in [0.2, 0.25) is 0 Å². The van der Waals surface area contributed by atoms with Crippen molar-refractivity contribution < 1.29 is 4.79 Å². The molecule has 4 nitrogen and oxygen atoms in total. The van der Waals surface area contributed by atoms with Crippen LogP contribution in [0.5, 0.6) is 0 Å². The van der Waals surface area contributed by atoms with E-state index in [1.54, 1.807) is 0 Å². The molecule has 1 aromatic rings. The highest BCUT2D eigenvalue weighted by Crippen LogP contribution is 2.16. The van der Waals surface area contributed by atoms with E-state index in [-0.39, 0.29) is 11.8 Å². The van der Waals surface area contributed by atoms with Gasteiger partial charge in [-0.25, -0.2) is 0 Å². The maximum Gasteiger partial charge on any atom is 0.241 e. The van der Waals surface area contributed by atoms with E-state index >= 15 is 0 Å². The number of amides is 1.